The van der Waals surface area contributed by atoms with Gasteiger partial charge in [-0.15, -0.1) is 0 Å². The number of nitrogens with one attached hydrogen (secondary N) is 1. The van der Waals surface area contributed by atoms with Crippen LogP contribution >= 0.6 is 0 Å². The second kappa shape index (κ2) is 7.61. The lowest BCUT2D eigenvalue weighted by Crippen LogP contribution is -2.44. The number of alkyl halides is 3. The zero-order valence-electron chi connectivity index (χ0n) is 17.9. The van der Waals surface area contributed by atoms with Crippen LogP contribution in [-0.2, 0) is 4.79 Å². The van der Waals surface area contributed by atoms with Gasteiger partial charge in [0.2, 0.25) is 5.91 Å². The summed E-state index contributed by atoms with van der Waals surface area (Å²) in [7, 11) is 0. The van der Waals surface area contributed by atoms with Crippen molar-refractivity contribution in [2.24, 2.45) is 11.3 Å². The van der Waals surface area contributed by atoms with Crippen molar-refractivity contribution in [2.45, 2.75) is 77.1 Å². The number of anilines is 1. The van der Waals surface area contributed by atoms with Crippen molar-refractivity contribution < 1.29 is 18.0 Å². The third-order valence-corrected chi connectivity index (χ3v) is 6.79. The van der Waals surface area contributed by atoms with Crippen LogP contribution in [-0.4, -0.2) is 45.9 Å². The number of carbonyl (C=O) groups is 1. The predicted octanol–water partition coefficient (Wildman–Crippen LogP) is 4.89. The third-order valence-electron chi connectivity index (χ3n) is 6.79. The molecule has 5 nitrogen and oxygen atoms in total. The molecule has 1 aromatic rings. The molecule has 1 N–H and O–H groups in total. The van der Waals surface area contributed by atoms with Gasteiger partial charge in [0.25, 0.3) is 0 Å². The molecule has 0 spiro atoms. The summed E-state index contributed by atoms with van der Waals surface area (Å²) in [6.07, 6.45) is 3.12. The molecule has 1 saturated heterocycles. The fraction of sp³-hybridized carbons (Fsp3) is 0.727. The van der Waals surface area contributed by atoms with E-state index in [2.05, 4.69) is 22.6 Å². The number of allylic oxidation sites excluding steroid dienone is 2. The molecular weight excluding hydrogens is 393 g/mol. The molecule has 0 radical (unpaired) electrons. The number of rotatable bonds is 2. The number of amides is 1. The van der Waals surface area contributed by atoms with Crippen molar-refractivity contribution in [1.29, 1.82) is 0 Å². The van der Waals surface area contributed by atoms with Crippen LogP contribution in [0.4, 0.5) is 19.0 Å². The molecule has 4 rings (SSSR count). The first-order valence-electron chi connectivity index (χ1n) is 10.9. The maximum Gasteiger partial charge on any atom is 0.410 e. The summed E-state index contributed by atoms with van der Waals surface area (Å²) in [5, 5.41) is 7.67. The second-order valence-corrected chi connectivity index (χ2v) is 10.0. The van der Waals surface area contributed by atoms with Crippen molar-refractivity contribution in [2.75, 3.05) is 18.4 Å². The van der Waals surface area contributed by atoms with Crippen LogP contribution in [0.2, 0.25) is 0 Å². The van der Waals surface area contributed by atoms with Gasteiger partial charge in [0.1, 0.15) is 5.82 Å². The van der Waals surface area contributed by atoms with Gasteiger partial charge in [0.05, 0.1) is 5.69 Å². The van der Waals surface area contributed by atoms with E-state index in [9.17, 15) is 18.0 Å². The van der Waals surface area contributed by atoms with Gasteiger partial charge in [-0.05, 0) is 37.5 Å². The first-order chi connectivity index (χ1) is 14.0. The molecule has 30 heavy (non-hydrogen) atoms. The number of nitrogens with zero attached hydrogens (tertiary/aromatic N) is 3. The molecular formula is C22H31F3N4O. The summed E-state index contributed by atoms with van der Waals surface area (Å²) >= 11 is 0. The fourth-order valence-electron chi connectivity index (χ4n) is 4.84. The molecule has 1 aromatic heterocycles. The molecule has 1 amide bonds. The van der Waals surface area contributed by atoms with Gasteiger partial charge in [0.15, 0.2) is 6.04 Å². The Labute approximate surface area is 175 Å². The molecule has 3 heterocycles. The van der Waals surface area contributed by atoms with Crippen LogP contribution in [0.1, 0.15) is 70.5 Å². The second-order valence-electron chi connectivity index (χ2n) is 10.0. The van der Waals surface area contributed by atoms with Gasteiger partial charge in [-0.25, -0.2) is 4.68 Å². The van der Waals surface area contributed by atoms with E-state index in [1.807, 2.05) is 25.7 Å². The lowest BCUT2D eigenvalue weighted by atomic mass is 9.82. The molecule has 2 aliphatic heterocycles. The minimum absolute atomic E-state index is 0.0186. The van der Waals surface area contributed by atoms with Crippen molar-refractivity contribution in [3.8, 4) is 0 Å². The molecule has 1 fully saturated rings. The van der Waals surface area contributed by atoms with Crippen molar-refractivity contribution in [1.82, 2.24) is 14.7 Å². The van der Waals surface area contributed by atoms with E-state index in [1.165, 1.54) is 0 Å². The summed E-state index contributed by atoms with van der Waals surface area (Å²) in [5.74, 6) is 0.619. The van der Waals surface area contributed by atoms with Gasteiger partial charge in [-0.2, -0.15) is 18.3 Å². The number of fused-ring (bicyclic) bond motifs is 1. The zero-order valence-corrected chi connectivity index (χ0v) is 17.9. The average Bonchev–Trinajstić information content (AvgIpc) is 3.32. The standard InChI is InChI=1S/C22H31F3N4O/c1-21(2,3)17-12-18(22(23,24)25)29-19(26-17)11-16(27-29)15-9-10-28(13-15)20(30)14-7-5-4-6-8-14/h4-5,11,14-15,17-18,26H,6-10,12-13H2,1-3H3. The van der Waals surface area contributed by atoms with Crippen LogP contribution in [0.25, 0.3) is 0 Å². The quantitative estimate of drug-likeness (QED) is 0.688. The van der Waals surface area contributed by atoms with E-state index in [0.717, 1.165) is 30.4 Å². The number of carbonyl (C=O) groups excluding carboxylic acids is 1. The molecule has 0 aromatic carbocycles. The third kappa shape index (κ3) is 4.10. The number of likely N-dealkylation sites (tertiary alicyclic amines) is 1. The number of hydrogen-bond donors (Lipinski definition) is 1. The first-order valence-corrected chi connectivity index (χ1v) is 10.9. The molecule has 0 bridgehead atoms. The first kappa shape index (κ1) is 21.2. The Morgan fingerprint density at radius 1 is 1.20 bits per heavy atom. The Balaban J connectivity index is 1.52. The van der Waals surface area contributed by atoms with E-state index in [-0.39, 0.29) is 35.6 Å². The Morgan fingerprint density at radius 3 is 2.60 bits per heavy atom. The minimum Gasteiger partial charge on any atom is -0.367 e. The van der Waals surface area contributed by atoms with Gasteiger partial charge in [0, 0.05) is 37.0 Å². The maximum absolute atomic E-state index is 13.8. The fourth-order valence-corrected chi connectivity index (χ4v) is 4.84. The summed E-state index contributed by atoms with van der Waals surface area (Å²) in [6, 6.07) is -0.152. The number of halogens is 3. The molecule has 1 aliphatic carbocycles. The normalized spacial score (nSPS) is 29.6. The molecule has 4 unspecified atom stereocenters. The highest BCUT2D eigenvalue weighted by molar-refractivity contribution is 5.79. The largest absolute Gasteiger partial charge is 0.410 e. The van der Waals surface area contributed by atoms with Crippen LogP contribution in [0.5, 0.6) is 0 Å². The Bertz CT molecular complexity index is 823. The molecule has 166 valence electrons. The molecule has 8 heteroatoms. The van der Waals surface area contributed by atoms with Crippen molar-refractivity contribution >= 4 is 11.7 Å². The van der Waals surface area contributed by atoms with Gasteiger partial charge in [-0.1, -0.05) is 32.9 Å². The van der Waals surface area contributed by atoms with Gasteiger partial charge in [-0.3, -0.25) is 4.79 Å². The smallest absolute Gasteiger partial charge is 0.367 e. The summed E-state index contributed by atoms with van der Waals surface area (Å²) in [5.41, 5.74) is 0.352. The maximum atomic E-state index is 13.8. The topological polar surface area (TPSA) is 50.2 Å². The highest BCUT2D eigenvalue weighted by Gasteiger charge is 2.48. The molecule has 3 aliphatic rings. The van der Waals surface area contributed by atoms with E-state index >= 15 is 0 Å². The van der Waals surface area contributed by atoms with Gasteiger partial charge >= 0.3 is 6.18 Å². The summed E-state index contributed by atoms with van der Waals surface area (Å²) in [4.78, 5) is 14.7. The zero-order chi connectivity index (χ0) is 21.7. The van der Waals surface area contributed by atoms with E-state index in [4.69, 9.17) is 0 Å². The average molecular weight is 425 g/mol. The Kier molecular flexibility index (Phi) is 5.39. The Hall–Kier alpha value is -1.99. The van der Waals surface area contributed by atoms with Gasteiger partial charge < -0.3 is 10.2 Å². The lowest BCUT2D eigenvalue weighted by Gasteiger charge is -2.39. The highest BCUT2D eigenvalue weighted by atomic mass is 19.4. The van der Waals surface area contributed by atoms with Crippen molar-refractivity contribution in [3.63, 3.8) is 0 Å². The molecule has 4 atom stereocenters. The monoisotopic (exact) mass is 424 g/mol. The van der Waals surface area contributed by atoms with Crippen molar-refractivity contribution in [3.05, 3.63) is 23.9 Å². The number of hydrogen-bond acceptors (Lipinski definition) is 3. The number of aromatic nitrogens is 2. The SMILES string of the molecule is CC(C)(C)C1CC(C(F)(F)F)n2nc(C3CCN(C(=O)C4CC=CCC4)C3)cc2N1. The van der Waals surface area contributed by atoms with Crippen LogP contribution in [0.15, 0.2) is 18.2 Å². The van der Waals surface area contributed by atoms with Crippen LogP contribution < -0.4 is 5.32 Å². The van der Waals surface area contributed by atoms with Crippen LogP contribution in [0, 0.1) is 11.3 Å². The summed E-state index contributed by atoms with van der Waals surface area (Å²) in [6.45, 7) is 7.03. The molecule has 0 saturated carbocycles. The predicted molar refractivity (Wildman–Crippen MR) is 109 cm³/mol. The minimum atomic E-state index is -4.35. The van der Waals surface area contributed by atoms with Crippen LogP contribution in [0.3, 0.4) is 0 Å². The van der Waals surface area contributed by atoms with E-state index in [0.29, 0.717) is 24.6 Å². The lowest BCUT2D eigenvalue weighted by molar-refractivity contribution is -0.175. The summed E-state index contributed by atoms with van der Waals surface area (Å²) < 4.78 is 42.5. The Morgan fingerprint density at radius 2 is 1.97 bits per heavy atom. The van der Waals surface area contributed by atoms with E-state index in [1.54, 1.807) is 6.07 Å². The highest BCUT2D eigenvalue weighted by Crippen LogP contribution is 2.44. The van der Waals surface area contributed by atoms with E-state index < -0.39 is 12.2 Å².